The number of rotatable bonds is 7. The maximum Gasteiger partial charge on any atom is 0.0659 e. The lowest BCUT2D eigenvalue weighted by Crippen LogP contribution is -2.09. The Bertz CT molecular complexity index is 342. The Morgan fingerprint density at radius 1 is 1.29 bits per heavy atom. The van der Waals surface area contributed by atoms with E-state index in [1.54, 1.807) is 0 Å². The zero-order valence-corrected chi connectivity index (χ0v) is 12.4. The molecule has 1 aromatic carbocycles. The van der Waals surface area contributed by atoms with Crippen LogP contribution >= 0.6 is 23.4 Å². The van der Waals surface area contributed by atoms with Gasteiger partial charge in [-0.3, -0.25) is 0 Å². The van der Waals surface area contributed by atoms with Crippen LogP contribution < -0.4 is 10.2 Å². The highest BCUT2D eigenvalue weighted by Gasteiger charge is 2.02. The summed E-state index contributed by atoms with van der Waals surface area (Å²) in [5, 5.41) is 4.19. The van der Waals surface area contributed by atoms with Crippen LogP contribution in [0.3, 0.4) is 0 Å². The highest BCUT2D eigenvalue weighted by Crippen LogP contribution is 2.27. The zero-order valence-electron chi connectivity index (χ0n) is 10.8. The Morgan fingerprint density at radius 3 is 2.65 bits per heavy atom. The molecule has 0 fully saturated rings. The number of anilines is 2. The molecule has 0 aliphatic carbocycles. The van der Waals surface area contributed by atoms with Gasteiger partial charge in [0.1, 0.15) is 0 Å². The van der Waals surface area contributed by atoms with E-state index in [9.17, 15) is 0 Å². The van der Waals surface area contributed by atoms with E-state index in [0.29, 0.717) is 0 Å². The van der Waals surface area contributed by atoms with Gasteiger partial charge < -0.3 is 10.2 Å². The van der Waals surface area contributed by atoms with Crippen molar-refractivity contribution < 1.29 is 0 Å². The summed E-state index contributed by atoms with van der Waals surface area (Å²) in [5.74, 6) is 1.24. The number of halogens is 1. The smallest absolute Gasteiger partial charge is 0.0659 e. The van der Waals surface area contributed by atoms with Gasteiger partial charge >= 0.3 is 0 Å². The third-order valence-electron chi connectivity index (χ3n) is 2.53. The van der Waals surface area contributed by atoms with Crippen LogP contribution in [0.5, 0.6) is 0 Å². The summed E-state index contributed by atoms with van der Waals surface area (Å²) in [6, 6.07) is 6.12. The molecule has 0 bridgehead atoms. The monoisotopic (exact) mass is 272 g/mol. The number of nitrogens with one attached hydrogen (secondary N) is 1. The average molecular weight is 273 g/mol. The Morgan fingerprint density at radius 2 is 2.06 bits per heavy atom. The zero-order chi connectivity index (χ0) is 12.7. The fraction of sp³-hybridized carbons (Fsp3) is 0.538. The largest absolute Gasteiger partial charge is 0.385 e. The highest BCUT2D eigenvalue weighted by atomic mass is 35.5. The van der Waals surface area contributed by atoms with E-state index in [1.165, 1.54) is 18.6 Å². The standard InChI is InChI=1S/C13H21ClN2S/c1-16(2)13-7-6-11(10-12(13)14)15-8-4-5-9-17-3/h6-7,10,15H,4-5,8-9H2,1-3H3. The second-order valence-corrected chi connectivity index (χ2v) is 5.58. The molecule has 0 saturated heterocycles. The Balaban J connectivity index is 2.42. The molecule has 0 heterocycles. The van der Waals surface area contributed by atoms with Crippen LogP contribution in [0, 0.1) is 0 Å². The molecule has 0 spiro atoms. The van der Waals surface area contributed by atoms with Gasteiger partial charge in [0.25, 0.3) is 0 Å². The van der Waals surface area contributed by atoms with Crippen LogP contribution in [0.2, 0.25) is 5.02 Å². The molecule has 0 aliphatic heterocycles. The first-order valence-corrected chi connectivity index (χ1v) is 7.62. The first-order chi connectivity index (χ1) is 8.15. The molecule has 4 heteroatoms. The maximum atomic E-state index is 6.20. The van der Waals surface area contributed by atoms with Gasteiger partial charge in [-0.25, -0.2) is 0 Å². The number of nitrogens with zero attached hydrogens (tertiary/aromatic N) is 1. The van der Waals surface area contributed by atoms with Crippen LogP contribution in [0.4, 0.5) is 11.4 Å². The molecule has 17 heavy (non-hydrogen) atoms. The summed E-state index contributed by atoms with van der Waals surface area (Å²) in [7, 11) is 3.99. The molecular weight excluding hydrogens is 252 g/mol. The topological polar surface area (TPSA) is 15.3 Å². The third kappa shape index (κ3) is 5.09. The Kier molecular flexibility index (Phi) is 6.60. The Hall–Kier alpha value is -0.540. The predicted octanol–water partition coefficient (Wildman–Crippen LogP) is 3.96. The van der Waals surface area contributed by atoms with Crippen molar-refractivity contribution in [1.29, 1.82) is 0 Å². The molecule has 1 rings (SSSR count). The molecule has 0 saturated carbocycles. The van der Waals surface area contributed by atoms with Crippen molar-refractivity contribution in [3.8, 4) is 0 Å². The van der Waals surface area contributed by atoms with E-state index in [1.807, 2.05) is 42.9 Å². The van der Waals surface area contributed by atoms with E-state index in [-0.39, 0.29) is 0 Å². The summed E-state index contributed by atoms with van der Waals surface area (Å²) in [5.41, 5.74) is 2.16. The molecule has 0 aliphatic rings. The van der Waals surface area contributed by atoms with Gasteiger partial charge in [-0.2, -0.15) is 11.8 Å². The van der Waals surface area contributed by atoms with E-state index >= 15 is 0 Å². The number of thioether (sulfide) groups is 1. The van der Waals surface area contributed by atoms with Crippen LogP contribution in [-0.4, -0.2) is 32.6 Å². The predicted molar refractivity (Wildman–Crippen MR) is 81.9 cm³/mol. The van der Waals surface area contributed by atoms with Crippen LogP contribution in [-0.2, 0) is 0 Å². The molecule has 0 radical (unpaired) electrons. The summed E-state index contributed by atoms with van der Waals surface area (Å²) >= 11 is 8.10. The molecule has 0 aromatic heterocycles. The van der Waals surface area contributed by atoms with Crippen LogP contribution in [0.1, 0.15) is 12.8 Å². The summed E-state index contributed by atoms with van der Waals surface area (Å²) in [6.45, 7) is 1.01. The van der Waals surface area contributed by atoms with E-state index < -0.39 is 0 Å². The number of unbranched alkanes of at least 4 members (excludes halogenated alkanes) is 1. The van der Waals surface area contributed by atoms with E-state index in [0.717, 1.165) is 22.9 Å². The lowest BCUT2D eigenvalue weighted by Gasteiger charge is -2.15. The van der Waals surface area contributed by atoms with Crippen LogP contribution in [0.25, 0.3) is 0 Å². The van der Waals surface area contributed by atoms with Gasteiger partial charge in [0.05, 0.1) is 10.7 Å². The van der Waals surface area contributed by atoms with Gasteiger partial charge in [0.2, 0.25) is 0 Å². The van der Waals surface area contributed by atoms with Crippen molar-refractivity contribution in [2.45, 2.75) is 12.8 Å². The van der Waals surface area contributed by atoms with Gasteiger partial charge in [0, 0.05) is 26.3 Å². The van der Waals surface area contributed by atoms with Gasteiger partial charge in [-0.05, 0) is 43.0 Å². The molecular formula is C13H21ClN2S. The van der Waals surface area contributed by atoms with E-state index in [4.69, 9.17) is 11.6 Å². The van der Waals surface area contributed by atoms with Crippen molar-refractivity contribution in [3.05, 3.63) is 23.2 Å². The minimum Gasteiger partial charge on any atom is -0.385 e. The fourth-order valence-corrected chi connectivity index (χ4v) is 2.43. The van der Waals surface area contributed by atoms with Crippen molar-refractivity contribution in [2.75, 3.05) is 42.9 Å². The number of hydrogen-bond acceptors (Lipinski definition) is 3. The van der Waals surface area contributed by atoms with Crippen molar-refractivity contribution >= 4 is 34.7 Å². The highest BCUT2D eigenvalue weighted by molar-refractivity contribution is 7.98. The molecule has 96 valence electrons. The van der Waals surface area contributed by atoms with E-state index in [2.05, 4.69) is 17.6 Å². The number of benzene rings is 1. The van der Waals surface area contributed by atoms with Crippen molar-refractivity contribution in [2.24, 2.45) is 0 Å². The minimum atomic E-state index is 0.795. The quantitative estimate of drug-likeness (QED) is 0.757. The minimum absolute atomic E-state index is 0.795. The lowest BCUT2D eigenvalue weighted by atomic mass is 10.2. The molecule has 0 amide bonds. The van der Waals surface area contributed by atoms with Gasteiger partial charge in [0.15, 0.2) is 0 Å². The third-order valence-corrected chi connectivity index (χ3v) is 3.53. The molecule has 1 N–H and O–H groups in total. The molecule has 0 atom stereocenters. The second-order valence-electron chi connectivity index (χ2n) is 4.19. The van der Waals surface area contributed by atoms with Crippen LogP contribution in [0.15, 0.2) is 18.2 Å². The van der Waals surface area contributed by atoms with Gasteiger partial charge in [-0.15, -0.1) is 0 Å². The SMILES string of the molecule is CSCCCCNc1ccc(N(C)C)c(Cl)c1. The first-order valence-electron chi connectivity index (χ1n) is 5.85. The number of hydrogen-bond donors (Lipinski definition) is 1. The fourth-order valence-electron chi connectivity index (χ4n) is 1.58. The lowest BCUT2D eigenvalue weighted by molar-refractivity contribution is 0.843. The van der Waals surface area contributed by atoms with Crippen molar-refractivity contribution in [3.63, 3.8) is 0 Å². The summed E-state index contributed by atoms with van der Waals surface area (Å²) in [4.78, 5) is 2.02. The van der Waals surface area contributed by atoms with Gasteiger partial charge in [-0.1, -0.05) is 11.6 Å². The summed E-state index contributed by atoms with van der Waals surface area (Å²) < 4.78 is 0. The second kappa shape index (κ2) is 7.72. The molecule has 0 unspecified atom stereocenters. The molecule has 2 nitrogen and oxygen atoms in total. The Labute approximate surface area is 114 Å². The molecule has 1 aromatic rings. The maximum absolute atomic E-state index is 6.20. The normalized spacial score (nSPS) is 10.4. The average Bonchev–Trinajstić information content (AvgIpc) is 2.28. The summed E-state index contributed by atoms with van der Waals surface area (Å²) in [6.07, 6.45) is 4.61. The van der Waals surface area contributed by atoms with Crippen molar-refractivity contribution in [1.82, 2.24) is 0 Å². The first kappa shape index (κ1) is 14.5.